The second-order valence-corrected chi connectivity index (χ2v) is 8.94. The number of anilines is 1. The molecule has 0 bridgehead atoms. The maximum Gasteiger partial charge on any atom is 0.300 e. The second kappa shape index (κ2) is 9.69. The number of ketones is 1. The van der Waals surface area contributed by atoms with Crippen LogP contribution in [0.3, 0.4) is 0 Å². The summed E-state index contributed by atoms with van der Waals surface area (Å²) in [6.07, 6.45) is 1.58. The molecule has 0 radical (unpaired) electrons. The highest BCUT2D eigenvalue weighted by molar-refractivity contribution is 6.52. The molecule has 1 saturated heterocycles. The van der Waals surface area contributed by atoms with Crippen LogP contribution in [0.15, 0.2) is 72.4 Å². The first-order valence-corrected chi connectivity index (χ1v) is 11.4. The van der Waals surface area contributed by atoms with Crippen LogP contribution in [0.2, 0.25) is 5.02 Å². The first-order valence-electron chi connectivity index (χ1n) is 11.0. The number of hydrogen-bond donors (Lipinski definition) is 1. The van der Waals surface area contributed by atoms with Crippen LogP contribution >= 0.6 is 11.6 Å². The lowest BCUT2D eigenvalue weighted by Crippen LogP contribution is -2.30. The number of aliphatic hydroxyl groups excluding tert-OH is 1. The van der Waals surface area contributed by atoms with Crippen LogP contribution in [0.5, 0.6) is 5.75 Å². The highest BCUT2D eigenvalue weighted by atomic mass is 35.5. The molecule has 2 aromatic carbocycles. The summed E-state index contributed by atoms with van der Waals surface area (Å²) in [7, 11) is 0. The molecule has 7 heteroatoms. The number of Topliss-reactive ketones (excluding diaryl/α,β-unsaturated/α-hetero) is 1. The average Bonchev–Trinajstić information content (AvgIpc) is 3.10. The van der Waals surface area contributed by atoms with Gasteiger partial charge in [-0.2, -0.15) is 0 Å². The highest BCUT2D eigenvalue weighted by Crippen LogP contribution is 2.43. The number of carbonyl (C=O) groups excluding carboxylic acids is 2. The lowest BCUT2D eigenvalue weighted by molar-refractivity contribution is -0.132. The zero-order valence-corrected chi connectivity index (χ0v) is 19.9. The van der Waals surface area contributed by atoms with E-state index in [0.29, 0.717) is 45.8 Å². The molecular weight excluding hydrogens is 452 g/mol. The number of amides is 1. The van der Waals surface area contributed by atoms with E-state index in [-0.39, 0.29) is 11.3 Å². The zero-order valence-electron chi connectivity index (χ0n) is 19.2. The number of pyridine rings is 1. The van der Waals surface area contributed by atoms with Crippen LogP contribution in [-0.4, -0.2) is 28.4 Å². The number of hydrogen-bond acceptors (Lipinski definition) is 5. The molecule has 0 aliphatic carbocycles. The number of ether oxygens (including phenoxy) is 1. The normalized spacial score (nSPS) is 17.4. The summed E-state index contributed by atoms with van der Waals surface area (Å²) in [5, 5.41) is 11.7. The minimum Gasteiger partial charge on any atom is -0.507 e. The molecule has 1 aliphatic rings. The topological polar surface area (TPSA) is 79.7 Å². The van der Waals surface area contributed by atoms with Gasteiger partial charge in [0.2, 0.25) is 0 Å². The summed E-state index contributed by atoms with van der Waals surface area (Å²) in [5.74, 6) is -0.780. The molecular formula is C27H25ClN2O4. The van der Waals surface area contributed by atoms with Gasteiger partial charge in [0.05, 0.1) is 17.9 Å². The second-order valence-electron chi connectivity index (χ2n) is 8.54. The van der Waals surface area contributed by atoms with Crippen molar-refractivity contribution in [1.82, 2.24) is 4.98 Å². The summed E-state index contributed by atoms with van der Waals surface area (Å²) in [5.41, 5.74) is 1.97. The Morgan fingerprint density at radius 2 is 1.82 bits per heavy atom. The van der Waals surface area contributed by atoms with Gasteiger partial charge in [0.1, 0.15) is 17.6 Å². The first-order chi connectivity index (χ1) is 16.3. The van der Waals surface area contributed by atoms with Crippen molar-refractivity contribution in [3.05, 3.63) is 94.3 Å². The molecule has 1 fully saturated rings. The third-order valence-electron chi connectivity index (χ3n) is 5.62. The molecule has 1 aromatic heterocycles. The lowest BCUT2D eigenvalue weighted by Gasteiger charge is -2.26. The van der Waals surface area contributed by atoms with Crippen LogP contribution in [0.25, 0.3) is 5.76 Å². The largest absolute Gasteiger partial charge is 0.507 e. The maximum absolute atomic E-state index is 13.2. The Hall–Kier alpha value is -3.64. The number of benzene rings is 2. The van der Waals surface area contributed by atoms with Crippen molar-refractivity contribution >= 4 is 34.7 Å². The van der Waals surface area contributed by atoms with E-state index in [1.165, 1.54) is 4.90 Å². The van der Waals surface area contributed by atoms with Gasteiger partial charge in [-0.1, -0.05) is 37.6 Å². The van der Waals surface area contributed by atoms with Gasteiger partial charge in [-0.3, -0.25) is 19.5 Å². The number of carbonyl (C=O) groups is 2. The summed E-state index contributed by atoms with van der Waals surface area (Å²) in [4.78, 5) is 32.2. The van der Waals surface area contributed by atoms with Crippen molar-refractivity contribution in [3.63, 3.8) is 0 Å². The molecule has 0 spiro atoms. The number of halogens is 1. The quantitative estimate of drug-likeness (QED) is 0.280. The Bertz CT molecular complexity index is 1250. The van der Waals surface area contributed by atoms with Crippen molar-refractivity contribution < 1.29 is 19.4 Å². The van der Waals surface area contributed by atoms with Gasteiger partial charge in [0.15, 0.2) is 0 Å². The fourth-order valence-electron chi connectivity index (χ4n) is 3.88. The lowest BCUT2D eigenvalue weighted by atomic mass is 9.98. The SMILES string of the molecule is Cc1c(Cl)cccc1N1C(=O)C(=O)/C(=C(/O)c2ccc(OCC(C)C)cc2)C1c1ccccn1. The zero-order chi connectivity index (χ0) is 24.4. The van der Waals surface area contributed by atoms with E-state index in [1.54, 1.807) is 73.8 Å². The van der Waals surface area contributed by atoms with Crippen LogP contribution in [-0.2, 0) is 9.59 Å². The predicted octanol–water partition coefficient (Wildman–Crippen LogP) is 5.70. The Morgan fingerprint density at radius 3 is 2.47 bits per heavy atom. The molecule has 2 heterocycles. The number of nitrogens with zero attached hydrogens (tertiary/aromatic N) is 2. The Morgan fingerprint density at radius 1 is 1.09 bits per heavy atom. The third-order valence-corrected chi connectivity index (χ3v) is 6.03. The maximum atomic E-state index is 13.2. The van der Waals surface area contributed by atoms with Crippen LogP contribution in [0, 0.1) is 12.8 Å². The summed E-state index contributed by atoms with van der Waals surface area (Å²) in [6.45, 7) is 6.45. The van der Waals surface area contributed by atoms with Gasteiger partial charge in [0, 0.05) is 22.5 Å². The number of rotatable bonds is 6. The monoisotopic (exact) mass is 476 g/mol. The van der Waals surface area contributed by atoms with E-state index >= 15 is 0 Å². The van der Waals surface area contributed by atoms with E-state index in [4.69, 9.17) is 16.3 Å². The first kappa shape index (κ1) is 23.5. The van der Waals surface area contributed by atoms with E-state index < -0.39 is 17.7 Å². The fraction of sp³-hybridized carbons (Fsp3) is 0.222. The van der Waals surface area contributed by atoms with Crippen LogP contribution in [0.1, 0.15) is 36.7 Å². The van der Waals surface area contributed by atoms with Crippen molar-refractivity contribution in [3.8, 4) is 5.75 Å². The van der Waals surface area contributed by atoms with Crippen molar-refractivity contribution in [1.29, 1.82) is 0 Å². The third kappa shape index (κ3) is 4.41. The molecule has 3 aromatic rings. The smallest absolute Gasteiger partial charge is 0.300 e. The Labute approximate surface area is 203 Å². The van der Waals surface area contributed by atoms with Crippen molar-refractivity contribution in [2.75, 3.05) is 11.5 Å². The summed E-state index contributed by atoms with van der Waals surface area (Å²) in [6, 6.07) is 16.3. The molecule has 1 N–H and O–H groups in total. The Kier molecular flexibility index (Phi) is 6.70. The van der Waals surface area contributed by atoms with E-state index in [9.17, 15) is 14.7 Å². The Balaban J connectivity index is 1.83. The van der Waals surface area contributed by atoms with Gasteiger partial charge in [-0.05, 0) is 66.9 Å². The molecule has 34 heavy (non-hydrogen) atoms. The van der Waals surface area contributed by atoms with Crippen LogP contribution < -0.4 is 9.64 Å². The molecule has 6 nitrogen and oxygen atoms in total. The molecule has 1 amide bonds. The van der Waals surface area contributed by atoms with Crippen molar-refractivity contribution in [2.45, 2.75) is 26.8 Å². The number of aliphatic hydroxyl groups is 1. The molecule has 1 unspecified atom stereocenters. The van der Waals surface area contributed by atoms with Gasteiger partial charge < -0.3 is 9.84 Å². The van der Waals surface area contributed by atoms with Crippen LogP contribution in [0.4, 0.5) is 5.69 Å². The van der Waals surface area contributed by atoms with Gasteiger partial charge >= 0.3 is 0 Å². The molecule has 1 atom stereocenters. The van der Waals surface area contributed by atoms with E-state index in [1.807, 2.05) is 0 Å². The van der Waals surface area contributed by atoms with E-state index in [0.717, 1.165) is 0 Å². The molecule has 4 rings (SSSR count). The predicted molar refractivity (Wildman–Crippen MR) is 132 cm³/mol. The standard InChI is InChI=1S/C27H25ClN2O4/c1-16(2)15-34-19-12-10-18(11-13-19)25(31)23-24(21-8-4-5-14-29-21)30(27(33)26(23)32)22-9-6-7-20(28)17(22)3/h4-14,16,24,31H,15H2,1-3H3/b25-23+. The minimum absolute atomic E-state index is 0.0288. The minimum atomic E-state index is -0.907. The highest BCUT2D eigenvalue weighted by Gasteiger charge is 2.48. The molecule has 1 aliphatic heterocycles. The summed E-state index contributed by atoms with van der Waals surface area (Å²) < 4.78 is 5.71. The van der Waals surface area contributed by atoms with Gasteiger partial charge in [-0.25, -0.2) is 0 Å². The molecule has 0 saturated carbocycles. The summed E-state index contributed by atoms with van der Waals surface area (Å²) >= 11 is 6.31. The van der Waals surface area contributed by atoms with E-state index in [2.05, 4.69) is 18.8 Å². The molecule has 174 valence electrons. The average molecular weight is 477 g/mol. The van der Waals surface area contributed by atoms with Gasteiger partial charge in [-0.15, -0.1) is 0 Å². The van der Waals surface area contributed by atoms with Gasteiger partial charge in [0.25, 0.3) is 11.7 Å². The number of aromatic nitrogens is 1. The fourth-order valence-corrected chi connectivity index (χ4v) is 4.05. The van der Waals surface area contributed by atoms with Crippen molar-refractivity contribution in [2.24, 2.45) is 5.92 Å².